The molecule has 114 valence electrons. The minimum Gasteiger partial charge on any atom is -0.489 e. The molecule has 0 spiro atoms. The van der Waals surface area contributed by atoms with Gasteiger partial charge in [-0.25, -0.2) is 4.98 Å². The monoisotopic (exact) mass is 347 g/mol. The molecule has 2 aromatic rings. The zero-order valence-corrected chi connectivity index (χ0v) is 13.7. The third-order valence-corrected chi connectivity index (χ3v) is 4.10. The van der Waals surface area contributed by atoms with Crippen LogP contribution in [0.2, 0.25) is 10.0 Å². The molecule has 0 fully saturated rings. The lowest BCUT2D eigenvalue weighted by Gasteiger charge is -2.12. The van der Waals surface area contributed by atoms with Crippen molar-refractivity contribution in [1.82, 2.24) is 15.2 Å². The maximum Gasteiger partial charge on any atom is 0.208 e. The van der Waals surface area contributed by atoms with Crippen LogP contribution in [0.5, 0.6) is 5.75 Å². The highest BCUT2D eigenvalue weighted by atomic mass is 35.5. The molecule has 1 heterocycles. The molecule has 2 N–H and O–H groups in total. The number of aryl methyl sites for hydroxylation is 1. The van der Waals surface area contributed by atoms with Crippen molar-refractivity contribution in [2.75, 3.05) is 12.4 Å². The second kappa shape index (κ2) is 7.89. The number of rotatable bonds is 7. The molecule has 8 heteroatoms. The van der Waals surface area contributed by atoms with E-state index in [1.807, 2.05) is 6.92 Å². The third kappa shape index (κ3) is 5.07. The fourth-order valence-electron chi connectivity index (χ4n) is 1.50. The second-order valence-electron chi connectivity index (χ2n) is 4.27. The van der Waals surface area contributed by atoms with E-state index in [0.29, 0.717) is 26.7 Å². The van der Waals surface area contributed by atoms with Gasteiger partial charge in [-0.3, -0.25) is 5.10 Å². The van der Waals surface area contributed by atoms with Crippen molar-refractivity contribution < 1.29 is 9.84 Å². The number of benzene rings is 1. The van der Waals surface area contributed by atoms with Crippen molar-refractivity contribution >= 4 is 35.0 Å². The van der Waals surface area contributed by atoms with Crippen molar-refractivity contribution in [3.8, 4) is 5.75 Å². The molecule has 0 amide bonds. The lowest BCUT2D eigenvalue weighted by molar-refractivity contribution is 0.126. The summed E-state index contributed by atoms with van der Waals surface area (Å²) in [6, 6.07) is 4.95. The maximum absolute atomic E-state index is 9.90. The molecule has 0 aliphatic carbocycles. The number of aliphatic hydroxyl groups is 1. The van der Waals surface area contributed by atoms with Crippen LogP contribution in [0.3, 0.4) is 0 Å². The summed E-state index contributed by atoms with van der Waals surface area (Å²) in [6.07, 6.45) is 0.152. The number of ether oxygens (including phenoxy) is 1. The third-order valence-electron chi connectivity index (χ3n) is 2.58. The summed E-state index contributed by atoms with van der Waals surface area (Å²) in [4.78, 5) is 4.25. The lowest BCUT2D eigenvalue weighted by atomic mass is 10.3. The van der Waals surface area contributed by atoms with Crippen molar-refractivity contribution in [2.45, 2.75) is 24.6 Å². The highest BCUT2D eigenvalue weighted by molar-refractivity contribution is 7.99. The van der Waals surface area contributed by atoms with Gasteiger partial charge in [-0.2, -0.15) is 0 Å². The zero-order valence-electron chi connectivity index (χ0n) is 11.3. The van der Waals surface area contributed by atoms with Crippen LogP contribution >= 0.6 is 35.0 Å². The van der Waals surface area contributed by atoms with Crippen LogP contribution in [-0.2, 0) is 6.42 Å². The molecule has 0 saturated heterocycles. The molecule has 1 unspecified atom stereocenters. The molecule has 0 radical (unpaired) electrons. The van der Waals surface area contributed by atoms with E-state index >= 15 is 0 Å². The van der Waals surface area contributed by atoms with E-state index in [1.165, 1.54) is 11.8 Å². The number of aromatic amines is 1. The maximum atomic E-state index is 9.90. The zero-order chi connectivity index (χ0) is 15.2. The summed E-state index contributed by atoms with van der Waals surface area (Å²) in [5.74, 6) is 1.76. The normalized spacial score (nSPS) is 12.4. The van der Waals surface area contributed by atoms with E-state index in [2.05, 4.69) is 15.2 Å². The van der Waals surface area contributed by atoms with Gasteiger partial charge >= 0.3 is 0 Å². The van der Waals surface area contributed by atoms with Crippen molar-refractivity contribution in [3.63, 3.8) is 0 Å². The Hall–Kier alpha value is -0.950. The number of hydrogen-bond donors (Lipinski definition) is 2. The fraction of sp³-hybridized carbons (Fsp3) is 0.385. The Morgan fingerprint density at radius 2 is 2.24 bits per heavy atom. The summed E-state index contributed by atoms with van der Waals surface area (Å²) >= 11 is 13.2. The van der Waals surface area contributed by atoms with Crippen LogP contribution in [0.4, 0.5) is 0 Å². The minimum atomic E-state index is -0.648. The van der Waals surface area contributed by atoms with E-state index in [-0.39, 0.29) is 6.61 Å². The Balaban J connectivity index is 1.77. The number of hydrogen-bond acceptors (Lipinski definition) is 5. The molecular weight excluding hydrogens is 333 g/mol. The average molecular weight is 348 g/mol. The van der Waals surface area contributed by atoms with E-state index in [1.54, 1.807) is 18.2 Å². The quantitative estimate of drug-likeness (QED) is 0.752. The molecule has 0 aliphatic rings. The van der Waals surface area contributed by atoms with Crippen LogP contribution in [0, 0.1) is 0 Å². The summed E-state index contributed by atoms with van der Waals surface area (Å²) in [6.45, 7) is 2.13. The fourth-order valence-corrected chi connectivity index (χ4v) is 2.68. The van der Waals surface area contributed by atoms with Crippen molar-refractivity contribution in [3.05, 3.63) is 34.1 Å². The SMILES string of the molecule is CCc1nc(SCC(O)COc2ccc(Cl)cc2Cl)n[nH]1. The van der Waals surface area contributed by atoms with Gasteiger partial charge in [-0.1, -0.05) is 41.9 Å². The highest BCUT2D eigenvalue weighted by Crippen LogP contribution is 2.27. The van der Waals surface area contributed by atoms with Gasteiger partial charge in [-0.05, 0) is 18.2 Å². The van der Waals surface area contributed by atoms with Gasteiger partial charge in [-0.15, -0.1) is 5.10 Å². The van der Waals surface area contributed by atoms with Crippen LogP contribution in [-0.4, -0.2) is 38.8 Å². The molecule has 0 saturated carbocycles. The first kappa shape index (κ1) is 16.4. The summed E-state index contributed by atoms with van der Waals surface area (Å²) in [5, 5.41) is 18.3. The summed E-state index contributed by atoms with van der Waals surface area (Å²) in [5.41, 5.74) is 0. The smallest absolute Gasteiger partial charge is 0.208 e. The molecule has 21 heavy (non-hydrogen) atoms. The first-order chi connectivity index (χ1) is 10.1. The van der Waals surface area contributed by atoms with Gasteiger partial charge < -0.3 is 9.84 Å². The summed E-state index contributed by atoms with van der Waals surface area (Å²) in [7, 11) is 0. The van der Waals surface area contributed by atoms with E-state index < -0.39 is 6.10 Å². The van der Waals surface area contributed by atoms with E-state index in [9.17, 15) is 5.11 Å². The topological polar surface area (TPSA) is 71.0 Å². The first-order valence-electron chi connectivity index (χ1n) is 6.38. The number of aromatic nitrogens is 3. The minimum absolute atomic E-state index is 0.138. The number of halogens is 2. The largest absolute Gasteiger partial charge is 0.489 e. The Labute approximate surface area is 137 Å². The van der Waals surface area contributed by atoms with Crippen molar-refractivity contribution in [1.29, 1.82) is 0 Å². The van der Waals surface area contributed by atoms with E-state index in [4.69, 9.17) is 27.9 Å². The standard InChI is InChI=1S/C13H15Cl2N3O2S/c1-2-12-16-13(18-17-12)21-7-9(19)6-20-11-4-3-8(14)5-10(11)15/h3-5,9,19H,2,6-7H2,1H3,(H,16,17,18). The molecule has 0 bridgehead atoms. The Kier molecular flexibility index (Phi) is 6.17. The van der Waals surface area contributed by atoms with Crippen LogP contribution in [0.1, 0.15) is 12.7 Å². The molecule has 1 aromatic carbocycles. The molecular formula is C13H15Cl2N3O2S. The molecule has 1 aromatic heterocycles. The number of nitrogens with zero attached hydrogens (tertiary/aromatic N) is 2. The van der Waals surface area contributed by atoms with Gasteiger partial charge in [0.1, 0.15) is 18.2 Å². The molecule has 5 nitrogen and oxygen atoms in total. The highest BCUT2D eigenvalue weighted by Gasteiger charge is 2.10. The number of nitrogens with one attached hydrogen (secondary N) is 1. The second-order valence-corrected chi connectivity index (χ2v) is 6.10. The predicted octanol–water partition coefficient (Wildman–Crippen LogP) is 3.21. The Bertz CT molecular complexity index is 595. The first-order valence-corrected chi connectivity index (χ1v) is 8.12. The van der Waals surface area contributed by atoms with Crippen LogP contribution in [0.25, 0.3) is 0 Å². The van der Waals surface area contributed by atoms with Gasteiger partial charge in [0.25, 0.3) is 0 Å². The molecule has 1 atom stereocenters. The summed E-state index contributed by atoms with van der Waals surface area (Å²) < 4.78 is 5.47. The van der Waals surface area contributed by atoms with Crippen LogP contribution < -0.4 is 4.74 Å². The van der Waals surface area contributed by atoms with Gasteiger partial charge in [0.05, 0.1) is 11.1 Å². The van der Waals surface area contributed by atoms with Gasteiger partial charge in [0.15, 0.2) is 0 Å². The number of aliphatic hydroxyl groups excluding tert-OH is 1. The van der Waals surface area contributed by atoms with Crippen LogP contribution in [0.15, 0.2) is 23.4 Å². The van der Waals surface area contributed by atoms with Crippen molar-refractivity contribution in [2.24, 2.45) is 0 Å². The van der Waals surface area contributed by atoms with Gasteiger partial charge in [0, 0.05) is 17.2 Å². The Morgan fingerprint density at radius 1 is 1.43 bits per heavy atom. The lowest BCUT2D eigenvalue weighted by Crippen LogP contribution is -2.20. The Morgan fingerprint density at radius 3 is 2.90 bits per heavy atom. The predicted molar refractivity (Wildman–Crippen MR) is 84.4 cm³/mol. The average Bonchev–Trinajstić information content (AvgIpc) is 2.92. The molecule has 2 rings (SSSR count). The van der Waals surface area contributed by atoms with E-state index in [0.717, 1.165) is 12.2 Å². The number of H-pyrrole nitrogens is 1. The number of thioether (sulfide) groups is 1. The van der Waals surface area contributed by atoms with Gasteiger partial charge in [0.2, 0.25) is 5.16 Å². The molecule has 0 aliphatic heterocycles.